The lowest BCUT2D eigenvalue weighted by molar-refractivity contribution is 0.282. The Labute approximate surface area is 135 Å². The SMILES string of the molecule is CC1CC2CC(NS(=O)(=O)c3ccc(F)c(Cl)c3)CCC2N1. The van der Waals surface area contributed by atoms with Crippen molar-refractivity contribution >= 4 is 21.6 Å². The number of benzene rings is 1. The molecule has 4 atom stereocenters. The average Bonchev–Trinajstić information content (AvgIpc) is 2.80. The molecule has 1 heterocycles. The molecule has 22 heavy (non-hydrogen) atoms. The molecular formula is C15H20ClFN2O2S. The van der Waals surface area contributed by atoms with Crippen molar-refractivity contribution in [1.29, 1.82) is 0 Å². The molecule has 0 amide bonds. The van der Waals surface area contributed by atoms with Crippen molar-refractivity contribution in [2.75, 3.05) is 0 Å². The van der Waals surface area contributed by atoms with Crippen molar-refractivity contribution in [1.82, 2.24) is 10.0 Å². The van der Waals surface area contributed by atoms with Crippen LogP contribution >= 0.6 is 11.6 Å². The van der Waals surface area contributed by atoms with E-state index < -0.39 is 15.8 Å². The Morgan fingerprint density at radius 2 is 2.09 bits per heavy atom. The highest BCUT2D eigenvalue weighted by Crippen LogP contribution is 2.34. The van der Waals surface area contributed by atoms with E-state index in [4.69, 9.17) is 11.6 Å². The molecular weight excluding hydrogens is 327 g/mol. The second kappa shape index (κ2) is 6.07. The van der Waals surface area contributed by atoms with Gasteiger partial charge in [0.15, 0.2) is 0 Å². The summed E-state index contributed by atoms with van der Waals surface area (Å²) in [6.45, 7) is 2.16. The van der Waals surface area contributed by atoms with Crippen LogP contribution in [-0.2, 0) is 10.0 Å². The molecule has 2 aliphatic rings. The third kappa shape index (κ3) is 3.30. The second-order valence-corrected chi connectivity index (χ2v) is 8.50. The summed E-state index contributed by atoms with van der Waals surface area (Å²) in [5.74, 6) is -0.0969. The largest absolute Gasteiger partial charge is 0.311 e. The molecule has 4 unspecified atom stereocenters. The monoisotopic (exact) mass is 346 g/mol. The summed E-state index contributed by atoms with van der Waals surface area (Å²) in [7, 11) is -3.66. The lowest BCUT2D eigenvalue weighted by Gasteiger charge is -2.31. The van der Waals surface area contributed by atoms with Crippen molar-refractivity contribution in [2.45, 2.75) is 55.6 Å². The molecule has 3 rings (SSSR count). The average molecular weight is 347 g/mol. The highest BCUT2D eigenvalue weighted by atomic mass is 35.5. The van der Waals surface area contributed by atoms with Crippen LogP contribution in [0.15, 0.2) is 23.1 Å². The van der Waals surface area contributed by atoms with Gasteiger partial charge in [-0.15, -0.1) is 0 Å². The molecule has 1 aliphatic carbocycles. The fourth-order valence-corrected chi connectivity index (χ4v) is 5.22. The van der Waals surface area contributed by atoms with Crippen LogP contribution in [0.5, 0.6) is 0 Å². The van der Waals surface area contributed by atoms with Crippen LogP contribution in [0.25, 0.3) is 0 Å². The number of hydrogen-bond acceptors (Lipinski definition) is 3. The number of rotatable bonds is 3. The highest BCUT2D eigenvalue weighted by Gasteiger charge is 2.37. The Kier molecular flexibility index (Phi) is 4.47. The van der Waals surface area contributed by atoms with Gasteiger partial charge in [0, 0.05) is 18.1 Å². The minimum Gasteiger partial charge on any atom is -0.311 e. The predicted molar refractivity (Wildman–Crippen MR) is 83.9 cm³/mol. The van der Waals surface area contributed by atoms with Crippen molar-refractivity contribution in [2.24, 2.45) is 5.92 Å². The van der Waals surface area contributed by atoms with E-state index in [1.165, 1.54) is 6.07 Å². The molecule has 2 N–H and O–H groups in total. The van der Waals surface area contributed by atoms with Crippen LogP contribution in [0, 0.1) is 11.7 Å². The molecule has 1 aliphatic heterocycles. The normalized spacial score (nSPS) is 32.0. The van der Waals surface area contributed by atoms with Gasteiger partial charge in [-0.05, 0) is 56.7 Å². The quantitative estimate of drug-likeness (QED) is 0.884. The molecule has 1 aromatic carbocycles. The first-order chi connectivity index (χ1) is 10.3. The summed E-state index contributed by atoms with van der Waals surface area (Å²) in [6.07, 6.45) is 3.73. The molecule has 0 spiro atoms. The number of hydrogen-bond donors (Lipinski definition) is 2. The summed E-state index contributed by atoms with van der Waals surface area (Å²) >= 11 is 5.68. The van der Waals surface area contributed by atoms with E-state index >= 15 is 0 Å². The lowest BCUT2D eigenvalue weighted by Crippen LogP contribution is -2.43. The Hall–Kier alpha value is -0.690. The van der Waals surface area contributed by atoms with Crippen molar-refractivity contribution in [3.8, 4) is 0 Å². The van der Waals surface area contributed by atoms with Crippen LogP contribution < -0.4 is 10.0 Å². The Morgan fingerprint density at radius 1 is 1.32 bits per heavy atom. The molecule has 1 saturated carbocycles. The van der Waals surface area contributed by atoms with E-state index in [-0.39, 0.29) is 16.0 Å². The molecule has 1 saturated heterocycles. The second-order valence-electron chi connectivity index (χ2n) is 6.38. The van der Waals surface area contributed by atoms with E-state index in [0.29, 0.717) is 18.0 Å². The standard InChI is InChI=1S/C15H20ClFN2O2S/c1-9-6-10-7-11(2-5-15(10)18-9)19-22(20,21)12-3-4-14(17)13(16)8-12/h3-4,8-11,15,18-19H,2,5-7H2,1H3. The van der Waals surface area contributed by atoms with Crippen LogP contribution in [0.1, 0.15) is 32.6 Å². The molecule has 122 valence electrons. The number of halogens is 2. The zero-order valence-electron chi connectivity index (χ0n) is 12.4. The zero-order valence-corrected chi connectivity index (χ0v) is 13.9. The number of fused-ring (bicyclic) bond motifs is 1. The first kappa shape index (κ1) is 16.2. The van der Waals surface area contributed by atoms with Gasteiger partial charge in [-0.25, -0.2) is 17.5 Å². The van der Waals surface area contributed by atoms with Gasteiger partial charge in [-0.2, -0.15) is 0 Å². The third-order valence-corrected chi connectivity index (χ3v) is 6.47. The van der Waals surface area contributed by atoms with Crippen molar-refractivity contribution in [3.63, 3.8) is 0 Å². The van der Waals surface area contributed by atoms with Crippen LogP contribution in [-0.4, -0.2) is 26.5 Å². The first-order valence-electron chi connectivity index (χ1n) is 7.58. The van der Waals surface area contributed by atoms with Crippen molar-refractivity contribution in [3.05, 3.63) is 29.0 Å². The maximum atomic E-state index is 13.2. The van der Waals surface area contributed by atoms with Crippen LogP contribution in [0.3, 0.4) is 0 Å². The summed E-state index contributed by atoms with van der Waals surface area (Å²) < 4.78 is 40.7. The zero-order chi connectivity index (χ0) is 15.9. The third-order valence-electron chi connectivity index (χ3n) is 4.66. The first-order valence-corrected chi connectivity index (χ1v) is 9.44. The maximum Gasteiger partial charge on any atom is 0.240 e. The molecule has 4 nitrogen and oxygen atoms in total. The maximum absolute atomic E-state index is 13.2. The molecule has 0 aromatic heterocycles. The minimum atomic E-state index is -3.66. The van der Waals surface area contributed by atoms with Gasteiger partial charge in [0.25, 0.3) is 0 Å². The van der Waals surface area contributed by atoms with Gasteiger partial charge in [-0.1, -0.05) is 11.6 Å². The van der Waals surface area contributed by atoms with E-state index in [2.05, 4.69) is 17.0 Å². The Balaban J connectivity index is 1.70. The Morgan fingerprint density at radius 3 is 2.82 bits per heavy atom. The minimum absolute atomic E-state index is 0.0129. The number of sulfonamides is 1. The van der Waals surface area contributed by atoms with Crippen LogP contribution in [0.4, 0.5) is 4.39 Å². The van der Waals surface area contributed by atoms with Crippen LogP contribution in [0.2, 0.25) is 5.02 Å². The van der Waals surface area contributed by atoms with Gasteiger partial charge in [0.2, 0.25) is 10.0 Å². The molecule has 0 bridgehead atoms. The Bertz CT molecular complexity index is 668. The fraction of sp³-hybridized carbons (Fsp3) is 0.600. The smallest absolute Gasteiger partial charge is 0.240 e. The summed E-state index contributed by atoms with van der Waals surface area (Å²) in [5.41, 5.74) is 0. The highest BCUT2D eigenvalue weighted by molar-refractivity contribution is 7.89. The summed E-state index contributed by atoms with van der Waals surface area (Å²) in [5, 5.41) is 3.37. The molecule has 0 radical (unpaired) electrons. The van der Waals surface area contributed by atoms with E-state index in [1.807, 2.05) is 0 Å². The fourth-order valence-electron chi connectivity index (χ4n) is 3.67. The van der Waals surface area contributed by atoms with Gasteiger partial charge in [-0.3, -0.25) is 0 Å². The molecule has 2 fully saturated rings. The van der Waals surface area contributed by atoms with Crippen molar-refractivity contribution < 1.29 is 12.8 Å². The number of nitrogens with one attached hydrogen (secondary N) is 2. The predicted octanol–water partition coefficient (Wildman–Crippen LogP) is 2.68. The van der Waals surface area contributed by atoms with Gasteiger partial charge >= 0.3 is 0 Å². The topological polar surface area (TPSA) is 58.2 Å². The summed E-state index contributed by atoms with van der Waals surface area (Å²) in [4.78, 5) is 0.0129. The van der Waals surface area contributed by atoms with E-state index in [1.54, 1.807) is 0 Å². The summed E-state index contributed by atoms with van der Waals surface area (Å²) in [6, 6.07) is 4.42. The molecule has 7 heteroatoms. The lowest BCUT2D eigenvalue weighted by atomic mass is 9.82. The van der Waals surface area contributed by atoms with Gasteiger partial charge in [0.1, 0.15) is 5.82 Å². The van der Waals surface area contributed by atoms with E-state index in [0.717, 1.165) is 37.8 Å². The van der Waals surface area contributed by atoms with Gasteiger partial charge < -0.3 is 5.32 Å². The molecule has 1 aromatic rings. The van der Waals surface area contributed by atoms with E-state index in [9.17, 15) is 12.8 Å². The van der Waals surface area contributed by atoms with Gasteiger partial charge in [0.05, 0.1) is 9.92 Å².